The van der Waals surface area contributed by atoms with Gasteiger partial charge in [0.15, 0.2) is 11.5 Å². The van der Waals surface area contributed by atoms with E-state index in [2.05, 4.69) is 11.2 Å². The molecule has 0 atom stereocenters. The van der Waals surface area contributed by atoms with Crippen LogP contribution in [0.1, 0.15) is 22.4 Å². The molecule has 0 fully saturated rings. The summed E-state index contributed by atoms with van der Waals surface area (Å²) in [5, 5.41) is 24.2. The minimum Gasteiger partial charge on any atom is -0.493 e. The van der Waals surface area contributed by atoms with Crippen LogP contribution in [-0.2, 0) is 6.61 Å². The molecule has 2 N–H and O–H groups in total. The molecule has 0 radical (unpaired) electrons. The van der Waals surface area contributed by atoms with E-state index in [1.807, 2.05) is 24.3 Å². The number of nitrogens with zero attached hydrogens (tertiary/aromatic N) is 4. The van der Waals surface area contributed by atoms with Crippen LogP contribution in [0.4, 0.5) is 10.2 Å². The van der Waals surface area contributed by atoms with Crippen LogP contribution < -0.4 is 15.2 Å². The van der Waals surface area contributed by atoms with Crippen LogP contribution in [0.5, 0.6) is 11.5 Å². The molecule has 0 saturated carbocycles. The van der Waals surface area contributed by atoms with E-state index in [1.54, 1.807) is 42.5 Å². The van der Waals surface area contributed by atoms with Gasteiger partial charge >= 0.3 is 0 Å². The number of benzene rings is 3. The second-order valence-corrected chi connectivity index (χ2v) is 7.94. The van der Waals surface area contributed by atoms with Gasteiger partial charge in [-0.2, -0.15) is 15.6 Å². The number of hydrogen-bond acceptors (Lipinski definition) is 6. The Hall–Kier alpha value is -4.79. The molecule has 7 nitrogen and oxygen atoms in total. The van der Waals surface area contributed by atoms with E-state index in [0.29, 0.717) is 22.7 Å². The molecule has 4 rings (SSSR count). The summed E-state index contributed by atoms with van der Waals surface area (Å²) in [6, 6.07) is 22.6. The van der Waals surface area contributed by atoms with Crippen molar-refractivity contribution in [2.75, 3.05) is 12.8 Å². The van der Waals surface area contributed by atoms with Crippen molar-refractivity contribution < 1.29 is 13.9 Å². The molecule has 3 aromatic carbocycles. The summed E-state index contributed by atoms with van der Waals surface area (Å²) in [5.41, 5.74) is 8.05. The third-order valence-corrected chi connectivity index (χ3v) is 5.70. The van der Waals surface area contributed by atoms with Crippen LogP contribution in [-0.4, -0.2) is 16.9 Å². The first kappa shape index (κ1) is 24.3. The minimum absolute atomic E-state index is 0.0950. The molecule has 0 saturated heterocycles. The normalized spacial score (nSPS) is 11.0. The zero-order valence-electron chi connectivity index (χ0n) is 19.1. The van der Waals surface area contributed by atoms with Crippen molar-refractivity contribution in [1.29, 1.82) is 10.5 Å². The van der Waals surface area contributed by atoms with E-state index in [4.69, 9.17) is 26.8 Å². The molecule has 0 unspecified atom stereocenters. The predicted molar refractivity (Wildman–Crippen MR) is 135 cm³/mol. The highest BCUT2D eigenvalue weighted by Crippen LogP contribution is 2.32. The first-order chi connectivity index (χ1) is 17.5. The van der Waals surface area contributed by atoms with E-state index in [1.165, 1.54) is 23.9 Å². The molecule has 9 heteroatoms. The Morgan fingerprint density at radius 3 is 2.56 bits per heavy atom. The summed E-state index contributed by atoms with van der Waals surface area (Å²) in [7, 11) is 1.47. The van der Waals surface area contributed by atoms with Gasteiger partial charge in [0.2, 0.25) is 0 Å². The Morgan fingerprint density at radius 1 is 1.11 bits per heavy atom. The molecule has 4 aromatic rings. The molecule has 36 heavy (non-hydrogen) atoms. The lowest BCUT2D eigenvalue weighted by Crippen LogP contribution is -2.02. The van der Waals surface area contributed by atoms with Gasteiger partial charge in [-0.1, -0.05) is 41.9 Å². The maximum absolute atomic E-state index is 14.1. The number of anilines is 1. The number of ether oxygens (including phenoxy) is 2. The van der Waals surface area contributed by atoms with E-state index in [9.17, 15) is 14.9 Å². The topological polar surface area (TPSA) is 110 Å². The number of rotatable bonds is 7. The Morgan fingerprint density at radius 2 is 1.89 bits per heavy atom. The van der Waals surface area contributed by atoms with E-state index in [-0.39, 0.29) is 39.8 Å². The van der Waals surface area contributed by atoms with Crippen LogP contribution in [0, 0.1) is 28.5 Å². The number of allylic oxidation sites excluding steroid dienone is 1. The number of aromatic nitrogens is 2. The second-order valence-electron chi connectivity index (χ2n) is 7.54. The molecule has 1 heterocycles. The summed E-state index contributed by atoms with van der Waals surface area (Å²) >= 11 is 6.07. The predicted octanol–water partition coefficient (Wildman–Crippen LogP) is 5.77. The largest absolute Gasteiger partial charge is 0.493 e. The first-order valence-electron chi connectivity index (χ1n) is 10.7. The molecule has 0 aliphatic carbocycles. The standard InChI is InChI=1S/C27H19ClFN5O2/c1-35-25-13-17(10-11-24(25)36-16-21-22(28)8-5-9-23(21)29)12-18(14-30)26-20(15-31)27(32)34(33-26)19-6-3-2-4-7-19/h2-13H,16,32H2,1H3. The smallest absolute Gasteiger partial charge is 0.161 e. The van der Waals surface area contributed by atoms with Crippen molar-refractivity contribution in [3.8, 4) is 29.3 Å². The molecular weight excluding hydrogens is 481 g/mol. The summed E-state index contributed by atoms with van der Waals surface area (Å²) < 4.78 is 26.7. The molecule has 0 aliphatic rings. The highest BCUT2D eigenvalue weighted by Gasteiger charge is 2.20. The van der Waals surface area contributed by atoms with E-state index in [0.717, 1.165) is 0 Å². The molecule has 178 valence electrons. The average Bonchev–Trinajstić information content (AvgIpc) is 3.23. The van der Waals surface area contributed by atoms with Gasteiger partial charge in [-0.3, -0.25) is 0 Å². The Bertz CT molecular complexity index is 1510. The van der Waals surface area contributed by atoms with Crippen molar-refractivity contribution in [2.24, 2.45) is 0 Å². The van der Waals surface area contributed by atoms with Crippen molar-refractivity contribution in [2.45, 2.75) is 6.61 Å². The zero-order chi connectivity index (χ0) is 25.7. The molecule has 0 aliphatic heterocycles. The fourth-order valence-electron chi connectivity index (χ4n) is 3.53. The number of methoxy groups -OCH3 is 1. The van der Waals surface area contributed by atoms with Gasteiger partial charge in [-0.25, -0.2) is 9.07 Å². The van der Waals surface area contributed by atoms with Gasteiger partial charge < -0.3 is 15.2 Å². The molecule has 1 aromatic heterocycles. The maximum atomic E-state index is 14.1. The number of nitrogens with two attached hydrogens (primary N) is 1. The third-order valence-electron chi connectivity index (χ3n) is 5.34. The van der Waals surface area contributed by atoms with Crippen LogP contribution in [0.2, 0.25) is 5.02 Å². The van der Waals surface area contributed by atoms with Crippen molar-refractivity contribution >= 4 is 29.1 Å². The first-order valence-corrected chi connectivity index (χ1v) is 11.0. The van der Waals surface area contributed by atoms with Crippen molar-refractivity contribution in [1.82, 2.24) is 9.78 Å². The highest BCUT2D eigenvalue weighted by molar-refractivity contribution is 6.31. The fourth-order valence-corrected chi connectivity index (χ4v) is 3.75. The van der Waals surface area contributed by atoms with Gasteiger partial charge in [-0.05, 0) is 48.0 Å². The summed E-state index contributed by atoms with van der Waals surface area (Å²) in [4.78, 5) is 0. The molecular formula is C27H19ClFN5O2. The SMILES string of the molecule is COc1cc(C=C(C#N)c2nn(-c3ccccc3)c(N)c2C#N)ccc1OCc1c(F)cccc1Cl. The third kappa shape index (κ3) is 4.85. The summed E-state index contributed by atoms with van der Waals surface area (Å²) in [6.07, 6.45) is 1.57. The zero-order valence-corrected chi connectivity index (χ0v) is 19.8. The lowest BCUT2D eigenvalue weighted by atomic mass is 10.1. The fraction of sp³-hybridized carbons (Fsp3) is 0.0741. The van der Waals surface area contributed by atoms with Gasteiger partial charge in [0.05, 0.1) is 23.4 Å². The average molecular weight is 500 g/mol. The molecule has 0 spiro atoms. The van der Waals surface area contributed by atoms with Crippen LogP contribution >= 0.6 is 11.6 Å². The molecule has 0 bridgehead atoms. The lowest BCUT2D eigenvalue weighted by molar-refractivity contribution is 0.280. The summed E-state index contributed by atoms with van der Waals surface area (Å²) in [5.74, 6) is 0.390. The number of para-hydroxylation sites is 1. The number of nitriles is 2. The lowest BCUT2D eigenvalue weighted by Gasteiger charge is -2.12. The van der Waals surface area contributed by atoms with Crippen LogP contribution in [0.15, 0.2) is 66.7 Å². The van der Waals surface area contributed by atoms with Gasteiger partial charge in [0, 0.05) is 5.56 Å². The number of hydrogen-bond donors (Lipinski definition) is 1. The Labute approximate surface area is 212 Å². The van der Waals surface area contributed by atoms with E-state index < -0.39 is 5.82 Å². The number of nitrogen functional groups attached to an aromatic ring is 1. The second kappa shape index (κ2) is 10.6. The van der Waals surface area contributed by atoms with E-state index >= 15 is 0 Å². The van der Waals surface area contributed by atoms with Crippen LogP contribution in [0.3, 0.4) is 0 Å². The van der Waals surface area contributed by atoms with Crippen LogP contribution in [0.25, 0.3) is 17.3 Å². The van der Waals surface area contributed by atoms with Gasteiger partial charge in [-0.15, -0.1) is 0 Å². The van der Waals surface area contributed by atoms with Crippen molar-refractivity contribution in [3.63, 3.8) is 0 Å². The van der Waals surface area contributed by atoms with Gasteiger partial charge in [0.1, 0.15) is 41.6 Å². The van der Waals surface area contributed by atoms with Gasteiger partial charge in [0.25, 0.3) is 0 Å². The van der Waals surface area contributed by atoms with Crippen molar-refractivity contribution in [3.05, 3.63) is 100.0 Å². The monoisotopic (exact) mass is 499 g/mol. The minimum atomic E-state index is -0.470. The summed E-state index contributed by atoms with van der Waals surface area (Å²) in [6.45, 7) is -0.0950. The Balaban J connectivity index is 1.67. The quantitative estimate of drug-likeness (QED) is 0.323. The Kier molecular flexibility index (Phi) is 7.20. The maximum Gasteiger partial charge on any atom is 0.161 e. The number of halogens is 2. The molecule has 0 amide bonds. The highest BCUT2D eigenvalue weighted by atomic mass is 35.5.